The van der Waals surface area contributed by atoms with Crippen LogP contribution < -0.4 is 56.1 Å². The van der Waals surface area contributed by atoms with Crippen molar-refractivity contribution in [1.82, 2.24) is 4.98 Å². The standard InChI is InChI=1S/C20H15Cl2FN2O4S.K/c1-11-8-13(10-24-19(11)18-16(23)4-3-5-17(18)29-2)30(27,28)25-20(26)14-7-6-12(21)9-15(14)22;/h3-10H,1-2H3,(H,25,26);/q;+1/p-1. The molecule has 6 nitrogen and oxygen atoms in total. The van der Waals surface area contributed by atoms with E-state index >= 15 is 0 Å². The van der Waals surface area contributed by atoms with Crippen LogP contribution in [0.25, 0.3) is 16.0 Å². The van der Waals surface area contributed by atoms with E-state index in [9.17, 15) is 17.6 Å². The molecule has 0 N–H and O–H groups in total. The van der Waals surface area contributed by atoms with E-state index in [4.69, 9.17) is 27.9 Å². The molecule has 1 amide bonds. The Labute approximate surface area is 231 Å². The molecule has 1 heterocycles. The van der Waals surface area contributed by atoms with Crippen molar-refractivity contribution >= 4 is 39.1 Å². The van der Waals surface area contributed by atoms with E-state index in [0.29, 0.717) is 10.6 Å². The maximum atomic E-state index is 14.3. The number of halogens is 3. The van der Waals surface area contributed by atoms with Crippen LogP contribution in [-0.4, -0.2) is 26.4 Å². The number of aryl methyl sites for hydroxylation is 1. The van der Waals surface area contributed by atoms with Crippen LogP contribution in [0.2, 0.25) is 10.0 Å². The number of sulfonamides is 1. The van der Waals surface area contributed by atoms with Crippen molar-refractivity contribution in [2.75, 3.05) is 7.11 Å². The fourth-order valence-corrected chi connectivity index (χ4v) is 4.15. The van der Waals surface area contributed by atoms with Gasteiger partial charge in [0.2, 0.25) is 0 Å². The molecule has 2 aromatic carbocycles. The number of amides is 1. The predicted molar refractivity (Wildman–Crippen MR) is 112 cm³/mol. The van der Waals surface area contributed by atoms with Gasteiger partial charge in [0.1, 0.15) is 21.6 Å². The van der Waals surface area contributed by atoms with E-state index in [0.717, 1.165) is 6.20 Å². The van der Waals surface area contributed by atoms with Crippen molar-refractivity contribution in [1.29, 1.82) is 0 Å². The summed E-state index contributed by atoms with van der Waals surface area (Å²) in [5.41, 5.74) is 0.548. The van der Waals surface area contributed by atoms with Gasteiger partial charge in [0.05, 0.1) is 34.2 Å². The minimum absolute atomic E-state index is 0. The first-order chi connectivity index (χ1) is 14.1. The van der Waals surface area contributed by atoms with E-state index in [-0.39, 0.29) is 83.9 Å². The molecular weight excluding hydrogens is 493 g/mol. The Kier molecular flexibility index (Phi) is 9.06. The maximum Gasteiger partial charge on any atom is 1.00 e. The quantitative estimate of drug-likeness (QED) is 0.496. The summed E-state index contributed by atoms with van der Waals surface area (Å²) in [6.07, 6.45) is 1.00. The smallest absolute Gasteiger partial charge is 0.537 e. The molecule has 31 heavy (non-hydrogen) atoms. The molecule has 0 bridgehead atoms. The Morgan fingerprint density at radius 3 is 2.48 bits per heavy atom. The molecule has 11 heteroatoms. The fraction of sp³-hybridized carbons (Fsp3) is 0.100. The van der Waals surface area contributed by atoms with E-state index in [1.54, 1.807) is 13.0 Å². The topological polar surface area (TPSA) is 87.4 Å². The largest absolute Gasteiger partial charge is 1.00 e. The van der Waals surface area contributed by atoms with Crippen molar-refractivity contribution in [3.05, 3.63) is 80.4 Å². The SMILES string of the molecule is COc1cccc(F)c1-c1ncc(S(=O)(=O)[N-]C(=O)c2ccc(Cl)cc2Cl)cc1C.[K+]. The van der Waals surface area contributed by atoms with Gasteiger partial charge in [0.25, 0.3) is 0 Å². The van der Waals surface area contributed by atoms with Crippen molar-refractivity contribution in [2.45, 2.75) is 11.8 Å². The van der Waals surface area contributed by atoms with Crippen LogP contribution in [0.3, 0.4) is 0 Å². The average Bonchev–Trinajstić information content (AvgIpc) is 2.67. The summed E-state index contributed by atoms with van der Waals surface area (Å²) >= 11 is 11.7. The third kappa shape index (κ3) is 5.85. The summed E-state index contributed by atoms with van der Waals surface area (Å²) in [4.78, 5) is 16.1. The number of pyridine rings is 1. The van der Waals surface area contributed by atoms with Crippen molar-refractivity contribution in [3.63, 3.8) is 0 Å². The number of nitrogens with zero attached hydrogens (tertiary/aromatic N) is 2. The molecule has 0 unspecified atom stereocenters. The number of rotatable bonds is 5. The van der Waals surface area contributed by atoms with Crippen LogP contribution in [0.4, 0.5) is 4.39 Å². The molecule has 0 spiro atoms. The first kappa shape index (κ1) is 26.2. The summed E-state index contributed by atoms with van der Waals surface area (Å²) in [7, 11) is -3.00. The van der Waals surface area contributed by atoms with Crippen LogP contribution in [0.5, 0.6) is 5.75 Å². The van der Waals surface area contributed by atoms with Gasteiger partial charge in [0, 0.05) is 16.8 Å². The molecule has 0 radical (unpaired) electrons. The number of aromatic nitrogens is 1. The predicted octanol–water partition coefficient (Wildman–Crippen LogP) is 2.42. The molecule has 3 aromatic rings. The zero-order valence-corrected chi connectivity index (χ0v) is 22.1. The Morgan fingerprint density at radius 2 is 1.87 bits per heavy atom. The Hall–Kier alpha value is -1.04. The third-order valence-electron chi connectivity index (χ3n) is 4.15. The second kappa shape index (κ2) is 10.7. The van der Waals surface area contributed by atoms with Gasteiger partial charge in [-0.2, -0.15) is 0 Å². The number of benzene rings is 2. The zero-order valence-electron chi connectivity index (χ0n) is 16.7. The molecule has 0 aliphatic carbocycles. The van der Waals surface area contributed by atoms with Crippen molar-refractivity contribution < 1.29 is 73.7 Å². The molecule has 0 saturated heterocycles. The number of carbonyl (C=O) groups excluding carboxylic acids is 1. The Balaban J connectivity index is 0.00000341. The molecule has 0 aliphatic rings. The minimum atomic E-state index is -4.39. The molecule has 0 saturated carbocycles. The van der Waals surface area contributed by atoms with Gasteiger partial charge in [-0.05, 0) is 48.9 Å². The number of hydrogen-bond donors (Lipinski definition) is 0. The number of hydrogen-bond acceptors (Lipinski definition) is 5. The minimum Gasteiger partial charge on any atom is -0.537 e. The van der Waals surface area contributed by atoms with Crippen molar-refractivity contribution in [3.8, 4) is 17.0 Å². The normalized spacial score (nSPS) is 10.9. The van der Waals surface area contributed by atoms with Gasteiger partial charge in [0.15, 0.2) is 0 Å². The van der Waals surface area contributed by atoms with E-state index in [1.807, 2.05) is 0 Å². The Morgan fingerprint density at radius 1 is 1.16 bits per heavy atom. The number of ether oxygens (including phenoxy) is 1. The molecule has 1 aromatic heterocycles. The molecule has 156 valence electrons. The summed E-state index contributed by atoms with van der Waals surface area (Å²) in [6.45, 7) is 1.56. The molecule has 0 aliphatic heterocycles. The molecule has 0 fully saturated rings. The van der Waals surface area contributed by atoms with Crippen LogP contribution in [0.1, 0.15) is 15.9 Å². The zero-order chi connectivity index (χ0) is 22.1. The Bertz CT molecular complexity index is 1260. The van der Waals surface area contributed by atoms with Gasteiger partial charge in [-0.25, -0.2) is 12.8 Å². The van der Waals surface area contributed by atoms with Gasteiger partial charge >= 0.3 is 51.4 Å². The average molecular weight is 507 g/mol. The summed E-state index contributed by atoms with van der Waals surface area (Å²) < 4.78 is 48.0. The first-order valence-corrected chi connectivity index (χ1v) is 10.6. The maximum absolute atomic E-state index is 14.3. The summed E-state index contributed by atoms with van der Waals surface area (Å²) in [5.74, 6) is -1.37. The van der Waals surface area contributed by atoms with Crippen molar-refractivity contribution in [2.24, 2.45) is 0 Å². The van der Waals surface area contributed by atoms with Gasteiger partial charge in [-0.3, -0.25) is 4.98 Å². The van der Waals surface area contributed by atoms with E-state index in [1.165, 1.54) is 43.5 Å². The third-order valence-corrected chi connectivity index (χ3v) is 5.92. The van der Waals surface area contributed by atoms with Crippen LogP contribution in [0, 0.1) is 12.7 Å². The van der Waals surface area contributed by atoms with Gasteiger partial charge < -0.3 is 14.3 Å². The monoisotopic (exact) mass is 506 g/mol. The van der Waals surface area contributed by atoms with E-state index < -0.39 is 21.7 Å². The summed E-state index contributed by atoms with van der Waals surface area (Å²) in [6, 6.07) is 9.53. The first-order valence-electron chi connectivity index (χ1n) is 8.41. The second-order valence-corrected chi connectivity index (χ2v) is 8.60. The summed E-state index contributed by atoms with van der Waals surface area (Å²) in [5, 5.41) is 0.265. The number of methoxy groups -OCH3 is 1. The van der Waals surface area contributed by atoms with E-state index in [2.05, 4.69) is 9.71 Å². The second-order valence-electron chi connectivity index (χ2n) is 6.15. The van der Waals surface area contributed by atoms with Gasteiger partial charge in [-0.1, -0.05) is 29.3 Å². The fourth-order valence-electron chi connectivity index (χ4n) is 2.73. The van der Waals surface area contributed by atoms with Crippen LogP contribution in [0.15, 0.2) is 53.6 Å². The number of carbonyl (C=O) groups is 1. The van der Waals surface area contributed by atoms with Crippen LogP contribution >= 0.6 is 23.2 Å². The molecular formula is C20H14Cl2FKN2O4S. The molecule has 0 atom stereocenters. The van der Waals surface area contributed by atoms with Gasteiger partial charge in [-0.15, -0.1) is 0 Å². The van der Waals surface area contributed by atoms with Crippen LogP contribution in [-0.2, 0) is 10.0 Å². The molecule has 3 rings (SSSR count).